The second-order valence-electron chi connectivity index (χ2n) is 11.8. The van der Waals surface area contributed by atoms with Gasteiger partial charge in [0.15, 0.2) is 0 Å². The minimum Gasteiger partial charge on any atom is -0.492 e. The Balaban J connectivity index is 1.96. The lowest BCUT2D eigenvalue weighted by Gasteiger charge is -2.26. The predicted molar refractivity (Wildman–Crippen MR) is 160 cm³/mol. The number of carbonyl (C=O) groups is 3. The molecule has 0 unspecified atom stereocenters. The van der Waals surface area contributed by atoms with Crippen molar-refractivity contribution in [2.75, 3.05) is 54.4 Å². The number of carbonyl (C=O) groups excluding carboxylic acids is 3. The third kappa shape index (κ3) is 12.6. The summed E-state index contributed by atoms with van der Waals surface area (Å²) in [6, 6.07) is 13.4. The van der Waals surface area contributed by atoms with Crippen LogP contribution in [0.3, 0.4) is 0 Å². The maximum absolute atomic E-state index is 13.1. The summed E-state index contributed by atoms with van der Waals surface area (Å²) in [5.41, 5.74) is 1.59. The van der Waals surface area contributed by atoms with Crippen LogP contribution in [0.2, 0.25) is 0 Å². The third-order valence-corrected chi connectivity index (χ3v) is 6.09. The molecule has 0 heterocycles. The summed E-state index contributed by atoms with van der Waals surface area (Å²) in [5.74, 6) is -0.00899. The fraction of sp³-hybridized carbons (Fsp3) is 0.516. The van der Waals surface area contributed by atoms with Crippen LogP contribution in [0.25, 0.3) is 0 Å². The molecular weight excluding hydrogens is 506 g/mol. The van der Waals surface area contributed by atoms with Gasteiger partial charge in [0.1, 0.15) is 18.4 Å². The first kappa shape index (κ1) is 32.8. The van der Waals surface area contributed by atoms with Gasteiger partial charge in [0.25, 0.3) is 11.8 Å². The minimum absolute atomic E-state index is 0.151. The second-order valence-corrected chi connectivity index (χ2v) is 11.8. The Bertz CT molecular complexity index is 1090. The summed E-state index contributed by atoms with van der Waals surface area (Å²) in [6.07, 6.45) is 1.34. The van der Waals surface area contributed by atoms with Gasteiger partial charge in [-0.25, -0.2) is 0 Å². The molecule has 0 aromatic heterocycles. The topological polar surface area (TPSA) is 103 Å². The Hall–Kier alpha value is -3.43. The molecule has 40 heavy (non-hydrogen) atoms. The molecular formula is C31H47N5O4. The average molecular weight is 554 g/mol. The fourth-order valence-corrected chi connectivity index (χ4v) is 3.95. The highest BCUT2D eigenvalue weighted by molar-refractivity contribution is 5.98. The zero-order chi connectivity index (χ0) is 29.7. The Morgan fingerprint density at radius 3 is 2.15 bits per heavy atom. The van der Waals surface area contributed by atoms with E-state index in [1.54, 1.807) is 42.5 Å². The largest absolute Gasteiger partial charge is 0.492 e. The van der Waals surface area contributed by atoms with Crippen molar-refractivity contribution in [1.82, 2.24) is 25.8 Å². The normalized spacial score (nSPS) is 12.2. The van der Waals surface area contributed by atoms with Gasteiger partial charge in [-0.05, 0) is 95.0 Å². The van der Waals surface area contributed by atoms with Crippen LogP contribution in [0.1, 0.15) is 59.9 Å². The van der Waals surface area contributed by atoms with Crippen LogP contribution in [-0.2, 0) is 11.3 Å². The highest BCUT2D eigenvalue weighted by atomic mass is 16.5. The Morgan fingerprint density at radius 2 is 1.52 bits per heavy atom. The van der Waals surface area contributed by atoms with Gasteiger partial charge in [-0.15, -0.1) is 0 Å². The van der Waals surface area contributed by atoms with Crippen LogP contribution in [0.5, 0.6) is 5.75 Å². The van der Waals surface area contributed by atoms with Gasteiger partial charge in [-0.3, -0.25) is 14.4 Å². The van der Waals surface area contributed by atoms with Gasteiger partial charge in [0.2, 0.25) is 5.91 Å². The van der Waals surface area contributed by atoms with Gasteiger partial charge in [0.05, 0.1) is 0 Å². The van der Waals surface area contributed by atoms with Crippen molar-refractivity contribution in [2.45, 2.75) is 46.2 Å². The summed E-state index contributed by atoms with van der Waals surface area (Å²) in [6.45, 7) is 9.19. The van der Waals surface area contributed by atoms with Crippen LogP contribution in [0.15, 0.2) is 48.5 Å². The molecule has 0 spiro atoms. The SMILES string of the molecule is CN(C)CCCNC(=O)[C@H](CC(C)(C)C)NC(=O)c1cccc(CNC(=O)c2ccc(OCCN(C)C)cc2)c1. The minimum atomic E-state index is -0.648. The Morgan fingerprint density at radius 1 is 0.850 bits per heavy atom. The van der Waals surface area contributed by atoms with Crippen LogP contribution in [-0.4, -0.2) is 88.0 Å². The van der Waals surface area contributed by atoms with Gasteiger partial charge >= 0.3 is 0 Å². The van der Waals surface area contributed by atoms with E-state index < -0.39 is 6.04 Å². The van der Waals surface area contributed by atoms with E-state index in [4.69, 9.17) is 4.74 Å². The lowest BCUT2D eigenvalue weighted by atomic mass is 9.87. The lowest BCUT2D eigenvalue weighted by Crippen LogP contribution is -2.48. The molecule has 0 bridgehead atoms. The van der Waals surface area contributed by atoms with Crippen molar-refractivity contribution >= 4 is 17.7 Å². The van der Waals surface area contributed by atoms with Crippen LogP contribution in [0, 0.1) is 5.41 Å². The quantitative estimate of drug-likeness (QED) is 0.293. The molecule has 0 aliphatic carbocycles. The maximum Gasteiger partial charge on any atom is 0.251 e. The number of hydrogen-bond acceptors (Lipinski definition) is 6. The summed E-state index contributed by atoms with van der Waals surface area (Å²) in [5, 5.41) is 8.78. The molecule has 0 fully saturated rings. The van der Waals surface area contributed by atoms with Crippen molar-refractivity contribution in [3.05, 3.63) is 65.2 Å². The number of rotatable bonds is 15. The van der Waals surface area contributed by atoms with E-state index in [1.807, 2.05) is 59.9 Å². The first-order chi connectivity index (χ1) is 18.8. The predicted octanol–water partition coefficient (Wildman–Crippen LogP) is 3.16. The number of nitrogens with one attached hydrogen (secondary N) is 3. The number of nitrogens with zero attached hydrogens (tertiary/aromatic N) is 2. The molecule has 9 heteroatoms. The van der Waals surface area contributed by atoms with Gasteiger partial charge in [-0.2, -0.15) is 0 Å². The molecule has 0 aliphatic heterocycles. The van der Waals surface area contributed by atoms with Gasteiger partial charge in [-0.1, -0.05) is 32.9 Å². The molecule has 2 rings (SSSR count). The molecule has 0 aliphatic rings. The molecule has 2 aromatic carbocycles. The first-order valence-corrected chi connectivity index (χ1v) is 13.8. The number of amides is 3. The van der Waals surface area contributed by atoms with Crippen LogP contribution >= 0.6 is 0 Å². The van der Waals surface area contributed by atoms with Crippen LogP contribution in [0.4, 0.5) is 0 Å². The number of likely N-dealkylation sites (N-methyl/N-ethyl adjacent to an activating group) is 1. The van der Waals surface area contributed by atoms with Crippen molar-refractivity contribution in [2.24, 2.45) is 5.41 Å². The number of ether oxygens (including phenoxy) is 1. The van der Waals surface area contributed by atoms with E-state index in [2.05, 4.69) is 20.9 Å². The van der Waals surface area contributed by atoms with Crippen molar-refractivity contribution < 1.29 is 19.1 Å². The lowest BCUT2D eigenvalue weighted by molar-refractivity contribution is -0.123. The molecule has 0 saturated heterocycles. The summed E-state index contributed by atoms with van der Waals surface area (Å²) in [7, 11) is 7.95. The van der Waals surface area contributed by atoms with Crippen LogP contribution < -0.4 is 20.7 Å². The summed E-state index contributed by atoms with van der Waals surface area (Å²) in [4.78, 5) is 42.8. The van der Waals surface area contributed by atoms with Crippen molar-refractivity contribution in [1.29, 1.82) is 0 Å². The molecule has 0 saturated carbocycles. The molecule has 9 nitrogen and oxygen atoms in total. The standard InChI is InChI=1S/C31H47N5O4/c1-31(2,3)21-27(30(39)32-16-9-17-35(4)5)34-29(38)25-11-8-10-23(20-25)22-33-28(37)24-12-14-26(15-13-24)40-19-18-36(6)7/h8,10-15,20,27H,9,16-19,21-22H2,1-7H3,(H,32,39)(H,33,37)(H,34,38)/t27-/m0/s1. The van der Waals surface area contributed by atoms with E-state index in [-0.39, 0.29) is 29.7 Å². The van der Waals surface area contributed by atoms with E-state index in [9.17, 15) is 14.4 Å². The first-order valence-electron chi connectivity index (χ1n) is 13.8. The van der Waals surface area contributed by atoms with E-state index in [1.165, 1.54) is 0 Å². The van der Waals surface area contributed by atoms with Gasteiger partial charge < -0.3 is 30.5 Å². The number of benzene rings is 2. The smallest absolute Gasteiger partial charge is 0.251 e. The van der Waals surface area contributed by atoms with E-state index in [0.29, 0.717) is 36.4 Å². The summed E-state index contributed by atoms with van der Waals surface area (Å²) >= 11 is 0. The maximum atomic E-state index is 13.1. The second kappa shape index (κ2) is 16.0. The zero-order valence-electron chi connectivity index (χ0n) is 25.2. The molecule has 1 atom stereocenters. The molecule has 0 radical (unpaired) electrons. The molecule has 3 N–H and O–H groups in total. The third-order valence-electron chi connectivity index (χ3n) is 6.09. The molecule has 2 aromatic rings. The highest BCUT2D eigenvalue weighted by Gasteiger charge is 2.26. The zero-order valence-corrected chi connectivity index (χ0v) is 25.2. The molecule has 220 valence electrons. The van der Waals surface area contributed by atoms with Gasteiger partial charge in [0, 0.05) is 30.8 Å². The van der Waals surface area contributed by atoms with Crippen molar-refractivity contribution in [3.63, 3.8) is 0 Å². The highest BCUT2D eigenvalue weighted by Crippen LogP contribution is 2.21. The summed E-state index contributed by atoms with van der Waals surface area (Å²) < 4.78 is 5.68. The average Bonchev–Trinajstić information content (AvgIpc) is 2.88. The Kier molecular flexibility index (Phi) is 13.1. The van der Waals surface area contributed by atoms with Crippen molar-refractivity contribution in [3.8, 4) is 5.75 Å². The molecule has 3 amide bonds. The van der Waals surface area contributed by atoms with E-state index in [0.717, 1.165) is 25.1 Å². The fourth-order valence-electron chi connectivity index (χ4n) is 3.95. The Labute approximate surface area is 239 Å². The van der Waals surface area contributed by atoms with E-state index >= 15 is 0 Å². The monoisotopic (exact) mass is 553 g/mol. The number of hydrogen-bond donors (Lipinski definition) is 3.